The smallest absolute Gasteiger partial charge is 0.406 e. The summed E-state index contributed by atoms with van der Waals surface area (Å²) in [4.78, 5) is 28.3. The van der Waals surface area contributed by atoms with E-state index in [9.17, 15) is 22.8 Å². The van der Waals surface area contributed by atoms with Crippen LogP contribution in [0, 0.1) is 0 Å². The molecule has 1 aliphatic carbocycles. The van der Waals surface area contributed by atoms with E-state index in [0.29, 0.717) is 25.1 Å². The summed E-state index contributed by atoms with van der Waals surface area (Å²) >= 11 is 10.2. The van der Waals surface area contributed by atoms with Crippen LogP contribution in [-0.4, -0.2) is 50.3 Å². The molecule has 3 rings (SSSR count). The fourth-order valence-corrected chi connectivity index (χ4v) is 5.68. The second-order valence-corrected chi connectivity index (χ2v) is 11.6. The van der Waals surface area contributed by atoms with Crippen LogP contribution in [0.1, 0.15) is 12.8 Å². The lowest BCUT2D eigenvalue weighted by atomic mass is 10.2. The number of benzene rings is 1. The van der Waals surface area contributed by atoms with Crippen molar-refractivity contribution in [2.75, 3.05) is 18.5 Å². The molecule has 2 amide bonds. The standard InChI is InChI=1S/C16H14Br3F3N2O3/c1-23(13(26)14(17)8-15(14,18)19)11-5-6-24(12(11)25)9-3-2-4-10(7-9)27-16(20,21)22/h2-4,7,11H,5-6,8H2,1H3. The van der Waals surface area contributed by atoms with Gasteiger partial charge in [-0.05, 0) is 18.6 Å². The molecule has 2 atom stereocenters. The van der Waals surface area contributed by atoms with Gasteiger partial charge in [-0.25, -0.2) is 0 Å². The maximum Gasteiger partial charge on any atom is 0.573 e. The SMILES string of the molecule is CN(C(=O)C1(Br)CC1(Br)Br)C1CCN(c2cccc(OC(F)(F)F)c2)C1=O. The maximum atomic E-state index is 12.8. The molecule has 1 aromatic rings. The fraction of sp³-hybridized carbons (Fsp3) is 0.500. The highest BCUT2D eigenvalue weighted by molar-refractivity contribution is 9.26. The van der Waals surface area contributed by atoms with Crippen LogP contribution in [0.25, 0.3) is 0 Å². The van der Waals surface area contributed by atoms with Crippen molar-refractivity contribution in [1.29, 1.82) is 0 Å². The second-order valence-electron chi connectivity index (χ2n) is 6.44. The summed E-state index contributed by atoms with van der Waals surface area (Å²) in [5, 5.41) is 0. The molecule has 0 bridgehead atoms. The van der Waals surface area contributed by atoms with E-state index in [2.05, 4.69) is 52.5 Å². The van der Waals surface area contributed by atoms with Gasteiger partial charge in [0.2, 0.25) is 11.8 Å². The molecular weight excluding hydrogens is 565 g/mol. The van der Waals surface area contributed by atoms with Crippen molar-refractivity contribution in [2.45, 2.75) is 32.8 Å². The lowest BCUT2D eigenvalue weighted by molar-refractivity contribution is -0.274. The number of hydrogen-bond acceptors (Lipinski definition) is 3. The van der Waals surface area contributed by atoms with Gasteiger partial charge in [0.15, 0.2) is 0 Å². The van der Waals surface area contributed by atoms with Gasteiger partial charge in [0.1, 0.15) is 19.3 Å². The van der Waals surface area contributed by atoms with E-state index in [4.69, 9.17) is 0 Å². The minimum absolute atomic E-state index is 0.245. The zero-order chi connectivity index (χ0) is 20.2. The van der Waals surface area contributed by atoms with Gasteiger partial charge in [0.05, 0.1) is 0 Å². The van der Waals surface area contributed by atoms with Crippen LogP contribution in [0.2, 0.25) is 0 Å². The van der Waals surface area contributed by atoms with Gasteiger partial charge < -0.3 is 14.5 Å². The number of ether oxygens (including phenoxy) is 1. The number of anilines is 1. The molecule has 27 heavy (non-hydrogen) atoms. The Labute approximate surface area is 178 Å². The highest BCUT2D eigenvalue weighted by atomic mass is 79.9. The minimum Gasteiger partial charge on any atom is -0.406 e. The normalized spacial score (nSPS) is 26.9. The molecule has 0 aromatic heterocycles. The molecule has 0 spiro atoms. The third kappa shape index (κ3) is 4.00. The number of rotatable bonds is 4. The molecule has 11 heteroatoms. The van der Waals surface area contributed by atoms with E-state index >= 15 is 0 Å². The van der Waals surface area contributed by atoms with Gasteiger partial charge in [-0.2, -0.15) is 0 Å². The van der Waals surface area contributed by atoms with Crippen LogP contribution in [0.15, 0.2) is 24.3 Å². The molecular formula is C16H14Br3F3N2O3. The number of carbonyl (C=O) groups is 2. The van der Waals surface area contributed by atoms with Crippen molar-refractivity contribution in [3.8, 4) is 5.75 Å². The van der Waals surface area contributed by atoms with Crippen molar-refractivity contribution >= 4 is 65.3 Å². The summed E-state index contributed by atoms with van der Waals surface area (Å²) in [5.74, 6) is -0.992. The van der Waals surface area contributed by atoms with Gasteiger partial charge in [0, 0.05) is 31.8 Å². The first-order valence-electron chi connectivity index (χ1n) is 7.87. The quantitative estimate of drug-likeness (QED) is 0.504. The molecule has 1 saturated heterocycles. The van der Waals surface area contributed by atoms with E-state index in [-0.39, 0.29) is 11.8 Å². The topological polar surface area (TPSA) is 49.9 Å². The Morgan fingerprint density at radius 1 is 1.33 bits per heavy atom. The first-order chi connectivity index (χ1) is 12.4. The number of nitrogens with zero attached hydrogens (tertiary/aromatic N) is 2. The van der Waals surface area contributed by atoms with Crippen molar-refractivity contribution in [3.05, 3.63) is 24.3 Å². The third-order valence-electron chi connectivity index (χ3n) is 4.59. The van der Waals surface area contributed by atoms with E-state index in [1.807, 2.05) is 0 Å². The lowest BCUT2D eigenvalue weighted by Crippen LogP contribution is -2.47. The molecule has 1 aromatic carbocycles. The van der Waals surface area contributed by atoms with E-state index in [1.165, 1.54) is 21.9 Å². The number of halogens is 6. The van der Waals surface area contributed by atoms with Crippen molar-refractivity contribution < 1.29 is 27.5 Å². The van der Waals surface area contributed by atoms with Crippen LogP contribution < -0.4 is 9.64 Å². The molecule has 1 aliphatic heterocycles. The second kappa shape index (κ2) is 6.91. The predicted molar refractivity (Wildman–Crippen MR) is 104 cm³/mol. The zero-order valence-corrected chi connectivity index (χ0v) is 18.7. The van der Waals surface area contributed by atoms with Gasteiger partial charge in [0.25, 0.3) is 0 Å². The highest BCUT2D eigenvalue weighted by Crippen LogP contribution is 2.65. The van der Waals surface area contributed by atoms with E-state index in [0.717, 1.165) is 12.1 Å². The van der Waals surface area contributed by atoms with Crippen molar-refractivity contribution in [2.24, 2.45) is 0 Å². The Hall–Kier alpha value is -0.810. The first-order valence-corrected chi connectivity index (χ1v) is 10.2. The average Bonchev–Trinajstić information content (AvgIpc) is 2.87. The summed E-state index contributed by atoms with van der Waals surface area (Å²) in [6, 6.07) is 4.55. The van der Waals surface area contributed by atoms with Crippen LogP contribution >= 0.6 is 47.8 Å². The van der Waals surface area contributed by atoms with Crippen LogP contribution in [-0.2, 0) is 9.59 Å². The Bertz CT molecular complexity index is 790. The van der Waals surface area contributed by atoms with Gasteiger partial charge >= 0.3 is 6.36 Å². The van der Waals surface area contributed by atoms with Gasteiger partial charge in [-0.15, -0.1) is 13.2 Å². The summed E-state index contributed by atoms with van der Waals surface area (Å²) in [6.07, 6.45) is -3.91. The molecule has 0 radical (unpaired) electrons. The van der Waals surface area contributed by atoms with E-state index < -0.39 is 25.7 Å². The van der Waals surface area contributed by atoms with Crippen LogP contribution in [0.5, 0.6) is 5.75 Å². The molecule has 2 aliphatic rings. The molecule has 2 unspecified atom stereocenters. The Morgan fingerprint density at radius 3 is 2.52 bits per heavy atom. The largest absolute Gasteiger partial charge is 0.573 e. The number of alkyl halides is 6. The number of likely N-dealkylation sites (N-methyl/N-ethyl adjacent to an activating group) is 1. The van der Waals surface area contributed by atoms with Crippen LogP contribution in [0.3, 0.4) is 0 Å². The first kappa shape index (κ1) is 20.9. The van der Waals surface area contributed by atoms with E-state index in [1.54, 1.807) is 7.05 Å². The average molecular weight is 579 g/mol. The summed E-state index contributed by atoms with van der Waals surface area (Å²) in [7, 11) is 1.55. The Morgan fingerprint density at radius 2 is 1.96 bits per heavy atom. The minimum atomic E-state index is -4.81. The molecule has 1 saturated carbocycles. The number of carbonyl (C=O) groups excluding carboxylic acids is 2. The summed E-state index contributed by atoms with van der Waals surface area (Å²) < 4.78 is 39.7. The lowest BCUT2D eigenvalue weighted by Gasteiger charge is -2.27. The highest BCUT2D eigenvalue weighted by Gasteiger charge is 2.70. The molecule has 5 nitrogen and oxygen atoms in total. The Kier molecular flexibility index (Phi) is 5.35. The van der Waals surface area contributed by atoms with Gasteiger partial charge in [-0.1, -0.05) is 53.9 Å². The molecule has 148 valence electrons. The number of amides is 2. The fourth-order valence-electron chi connectivity index (χ4n) is 3.04. The van der Waals surface area contributed by atoms with Crippen molar-refractivity contribution in [1.82, 2.24) is 4.90 Å². The van der Waals surface area contributed by atoms with Crippen molar-refractivity contribution in [3.63, 3.8) is 0 Å². The molecule has 0 N–H and O–H groups in total. The third-order valence-corrected chi connectivity index (χ3v) is 8.86. The Balaban J connectivity index is 1.74. The molecule has 1 heterocycles. The van der Waals surface area contributed by atoms with Gasteiger partial charge in [-0.3, -0.25) is 9.59 Å². The van der Waals surface area contributed by atoms with Crippen LogP contribution in [0.4, 0.5) is 18.9 Å². The monoisotopic (exact) mass is 576 g/mol. The predicted octanol–water partition coefficient (Wildman–Crippen LogP) is 4.17. The maximum absolute atomic E-state index is 12.8. The molecule has 2 fully saturated rings. The summed E-state index contributed by atoms with van der Waals surface area (Å²) in [6.45, 7) is 0.291. The zero-order valence-electron chi connectivity index (χ0n) is 13.9. The number of hydrogen-bond donors (Lipinski definition) is 0. The summed E-state index contributed by atoms with van der Waals surface area (Å²) in [5.41, 5.74) is 0.292.